The summed E-state index contributed by atoms with van der Waals surface area (Å²) in [5.41, 5.74) is 9.14. The summed E-state index contributed by atoms with van der Waals surface area (Å²) in [6.45, 7) is 0. The molecule has 5 heteroatoms. The standard InChI is InChI=1S/C39H24BrN3O/c40-32-21-18-28(19-22-32)26-12-10-25(11-13-26)27-14-16-30(17-15-27)38-41-37(29-6-2-1-3-7-29)42-39(43-38)31-20-23-36-34(24-31)33-8-4-5-9-35(33)44-36/h1-24H. The largest absolute Gasteiger partial charge is 0.456 e. The molecule has 0 bridgehead atoms. The third kappa shape index (κ3) is 4.97. The third-order valence-corrected chi connectivity index (χ3v) is 8.37. The van der Waals surface area contributed by atoms with E-state index in [1.54, 1.807) is 0 Å². The zero-order chi connectivity index (χ0) is 29.5. The van der Waals surface area contributed by atoms with Crippen molar-refractivity contribution < 1.29 is 4.42 Å². The molecule has 0 radical (unpaired) electrons. The highest BCUT2D eigenvalue weighted by Crippen LogP contribution is 2.33. The molecule has 0 atom stereocenters. The average molecular weight is 631 g/mol. The number of halogens is 1. The van der Waals surface area contributed by atoms with Gasteiger partial charge in [0.15, 0.2) is 17.5 Å². The van der Waals surface area contributed by atoms with Gasteiger partial charge in [-0.2, -0.15) is 0 Å². The van der Waals surface area contributed by atoms with Crippen LogP contribution in [-0.2, 0) is 0 Å². The fourth-order valence-electron chi connectivity index (χ4n) is 5.52. The molecule has 0 aliphatic rings. The first kappa shape index (κ1) is 26.3. The predicted molar refractivity (Wildman–Crippen MR) is 182 cm³/mol. The molecule has 0 aliphatic carbocycles. The molecule has 8 aromatic rings. The predicted octanol–water partition coefficient (Wildman–Crippen LogP) is 10.9. The van der Waals surface area contributed by atoms with Crippen LogP contribution in [0.2, 0.25) is 0 Å². The van der Waals surface area contributed by atoms with Gasteiger partial charge >= 0.3 is 0 Å². The Balaban J connectivity index is 1.17. The number of para-hydroxylation sites is 1. The van der Waals surface area contributed by atoms with Gasteiger partial charge in [-0.1, -0.05) is 125 Å². The molecule has 0 aliphatic heterocycles. The lowest BCUT2D eigenvalue weighted by atomic mass is 9.99. The Labute approximate surface area is 262 Å². The lowest BCUT2D eigenvalue weighted by Crippen LogP contribution is -2.00. The minimum absolute atomic E-state index is 0.619. The van der Waals surface area contributed by atoms with Gasteiger partial charge in [0, 0.05) is 31.9 Å². The van der Waals surface area contributed by atoms with Crippen LogP contribution in [0.3, 0.4) is 0 Å². The van der Waals surface area contributed by atoms with E-state index in [0.717, 1.165) is 54.2 Å². The molecule has 6 aromatic carbocycles. The Morgan fingerprint density at radius 3 is 1.41 bits per heavy atom. The van der Waals surface area contributed by atoms with Crippen LogP contribution in [0.1, 0.15) is 0 Å². The van der Waals surface area contributed by atoms with Gasteiger partial charge in [0.2, 0.25) is 0 Å². The van der Waals surface area contributed by atoms with Crippen molar-refractivity contribution in [2.24, 2.45) is 0 Å². The normalized spacial score (nSPS) is 11.3. The van der Waals surface area contributed by atoms with Gasteiger partial charge in [-0.15, -0.1) is 0 Å². The second-order valence-electron chi connectivity index (χ2n) is 10.6. The van der Waals surface area contributed by atoms with Crippen LogP contribution in [0.4, 0.5) is 0 Å². The molecule has 0 saturated carbocycles. The maximum absolute atomic E-state index is 6.06. The summed E-state index contributed by atoms with van der Waals surface area (Å²) in [5.74, 6) is 1.88. The number of aromatic nitrogens is 3. The van der Waals surface area contributed by atoms with Crippen LogP contribution in [-0.4, -0.2) is 15.0 Å². The molecule has 0 amide bonds. The van der Waals surface area contributed by atoms with Gasteiger partial charge in [0.25, 0.3) is 0 Å². The van der Waals surface area contributed by atoms with Crippen molar-refractivity contribution in [1.29, 1.82) is 0 Å². The molecule has 2 heterocycles. The number of benzene rings is 6. The molecule has 0 N–H and O–H groups in total. The van der Waals surface area contributed by atoms with Gasteiger partial charge in [0.1, 0.15) is 11.2 Å². The minimum atomic E-state index is 0.619. The number of furan rings is 1. The second kappa shape index (κ2) is 11.0. The van der Waals surface area contributed by atoms with E-state index in [9.17, 15) is 0 Å². The average Bonchev–Trinajstić information content (AvgIpc) is 3.47. The van der Waals surface area contributed by atoms with Crippen LogP contribution >= 0.6 is 15.9 Å². The van der Waals surface area contributed by atoms with E-state index in [0.29, 0.717) is 17.5 Å². The number of fused-ring (bicyclic) bond motifs is 3. The van der Waals surface area contributed by atoms with Gasteiger partial charge in [0.05, 0.1) is 0 Å². The summed E-state index contributed by atoms with van der Waals surface area (Å²) in [7, 11) is 0. The van der Waals surface area contributed by atoms with E-state index >= 15 is 0 Å². The lowest BCUT2D eigenvalue weighted by molar-refractivity contribution is 0.669. The van der Waals surface area contributed by atoms with E-state index in [1.807, 2.05) is 60.7 Å². The van der Waals surface area contributed by atoms with Crippen molar-refractivity contribution in [2.75, 3.05) is 0 Å². The Hall–Kier alpha value is -5.39. The van der Waals surface area contributed by atoms with Crippen molar-refractivity contribution in [3.63, 3.8) is 0 Å². The Kier molecular flexibility index (Phi) is 6.58. The highest BCUT2D eigenvalue weighted by molar-refractivity contribution is 9.10. The van der Waals surface area contributed by atoms with E-state index in [1.165, 1.54) is 11.1 Å². The molecule has 8 rings (SSSR count). The van der Waals surface area contributed by atoms with E-state index in [4.69, 9.17) is 19.4 Å². The topological polar surface area (TPSA) is 51.8 Å². The summed E-state index contributed by atoms with van der Waals surface area (Å²) >= 11 is 3.51. The molecule has 4 nitrogen and oxygen atoms in total. The second-order valence-corrected chi connectivity index (χ2v) is 11.6. The summed E-state index contributed by atoms with van der Waals surface area (Å²) in [5, 5.41) is 2.11. The molecule has 2 aromatic heterocycles. The number of hydrogen-bond acceptors (Lipinski definition) is 4. The number of nitrogens with zero attached hydrogens (tertiary/aromatic N) is 3. The van der Waals surface area contributed by atoms with Crippen LogP contribution in [0.15, 0.2) is 154 Å². The molecule has 44 heavy (non-hydrogen) atoms. The molecule has 0 saturated heterocycles. The van der Waals surface area contributed by atoms with Crippen molar-refractivity contribution in [3.05, 3.63) is 150 Å². The van der Waals surface area contributed by atoms with Gasteiger partial charge in [-0.25, -0.2) is 15.0 Å². The van der Waals surface area contributed by atoms with Crippen molar-refractivity contribution in [2.45, 2.75) is 0 Å². The summed E-state index contributed by atoms with van der Waals surface area (Å²) in [6.07, 6.45) is 0. The minimum Gasteiger partial charge on any atom is -0.456 e. The number of rotatable bonds is 5. The maximum atomic E-state index is 6.06. The van der Waals surface area contributed by atoms with Gasteiger partial charge in [-0.05, 0) is 58.7 Å². The Morgan fingerprint density at radius 1 is 0.364 bits per heavy atom. The van der Waals surface area contributed by atoms with E-state index in [-0.39, 0.29) is 0 Å². The monoisotopic (exact) mass is 629 g/mol. The van der Waals surface area contributed by atoms with E-state index < -0.39 is 0 Å². The molecule has 0 unspecified atom stereocenters. The van der Waals surface area contributed by atoms with Crippen LogP contribution < -0.4 is 0 Å². The fraction of sp³-hybridized carbons (Fsp3) is 0. The first-order chi connectivity index (χ1) is 21.7. The maximum Gasteiger partial charge on any atom is 0.164 e. The van der Waals surface area contributed by atoms with Crippen LogP contribution in [0.25, 0.3) is 78.4 Å². The summed E-state index contributed by atoms with van der Waals surface area (Å²) in [4.78, 5) is 14.8. The third-order valence-electron chi connectivity index (χ3n) is 7.84. The fourth-order valence-corrected chi connectivity index (χ4v) is 5.79. The molecular weight excluding hydrogens is 606 g/mol. The highest BCUT2D eigenvalue weighted by atomic mass is 79.9. The van der Waals surface area contributed by atoms with Crippen molar-refractivity contribution in [1.82, 2.24) is 15.0 Å². The summed E-state index contributed by atoms with van der Waals surface area (Å²) in [6, 6.07) is 49.7. The highest BCUT2D eigenvalue weighted by Gasteiger charge is 2.15. The lowest BCUT2D eigenvalue weighted by Gasteiger charge is -2.09. The Bertz CT molecular complexity index is 2260. The van der Waals surface area contributed by atoms with Crippen molar-refractivity contribution >= 4 is 37.9 Å². The first-order valence-electron chi connectivity index (χ1n) is 14.4. The van der Waals surface area contributed by atoms with Crippen molar-refractivity contribution in [3.8, 4) is 56.4 Å². The summed E-state index contributed by atoms with van der Waals surface area (Å²) < 4.78 is 7.13. The first-order valence-corrected chi connectivity index (χ1v) is 15.2. The van der Waals surface area contributed by atoms with Gasteiger partial charge < -0.3 is 4.42 Å². The smallest absolute Gasteiger partial charge is 0.164 e. The SMILES string of the molecule is Brc1ccc(-c2ccc(-c3ccc(-c4nc(-c5ccccc5)nc(-c5ccc6oc7ccccc7c6c5)n4)cc3)cc2)cc1. The molecule has 0 spiro atoms. The van der Waals surface area contributed by atoms with Gasteiger partial charge in [-0.3, -0.25) is 0 Å². The number of hydrogen-bond donors (Lipinski definition) is 0. The zero-order valence-electron chi connectivity index (χ0n) is 23.5. The van der Waals surface area contributed by atoms with Crippen LogP contribution in [0, 0.1) is 0 Å². The molecular formula is C39H24BrN3O. The quantitative estimate of drug-likeness (QED) is 0.190. The Morgan fingerprint density at radius 2 is 0.795 bits per heavy atom. The molecule has 208 valence electrons. The molecule has 0 fully saturated rings. The van der Waals surface area contributed by atoms with Crippen LogP contribution in [0.5, 0.6) is 0 Å². The zero-order valence-corrected chi connectivity index (χ0v) is 25.1. The van der Waals surface area contributed by atoms with E-state index in [2.05, 4.69) is 101 Å².